The first-order chi connectivity index (χ1) is 15.2. The predicted molar refractivity (Wildman–Crippen MR) is 121 cm³/mol. The number of carbonyl (C=O) groups excluding carboxylic acids is 2. The number of aryl methyl sites for hydroxylation is 1. The molecule has 1 aliphatic heterocycles. The molecule has 2 aromatic heterocycles. The molecule has 0 saturated carbocycles. The fourth-order valence-corrected chi connectivity index (χ4v) is 4.06. The number of aromatic nitrogens is 2. The lowest BCUT2D eigenvalue weighted by Crippen LogP contribution is -3.00. The highest BCUT2D eigenvalue weighted by Gasteiger charge is 2.29. The van der Waals surface area contributed by atoms with E-state index in [1.807, 2.05) is 57.6 Å². The Morgan fingerprint density at radius 2 is 1.67 bits per heavy atom. The zero-order valence-electron chi connectivity index (χ0n) is 19.7. The van der Waals surface area contributed by atoms with Gasteiger partial charge in [-0.2, -0.15) is 4.57 Å². The van der Waals surface area contributed by atoms with Gasteiger partial charge in [0, 0.05) is 53.1 Å². The van der Waals surface area contributed by atoms with Gasteiger partial charge in [-0.3, -0.25) is 0 Å². The monoisotopic (exact) mass is 590 g/mol. The molecule has 0 fully saturated rings. The number of rotatable bonds is 7. The summed E-state index contributed by atoms with van der Waals surface area (Å²) in [6.45, 7) is 8.51. The zero-order valence-corrected chi connectivity index (χ0v) is 22.6. The van der Waals surface area contributed by atoms with Gasteiger partial charge < -0.3 is 48.7 Å². The molecule has 2 aromatic rings. The number of carbonyl (C=O) groups is 2. The van der Waals surface area contributed by atoms with E-state index >= 15 is 0 Å². The summed E-state index contributed by atoms with van der Waals surface area (Å²) in [5.74, 6) is 0. The normalized spacial score (nSPS) is 12.4. The average Bonchev–Trinajstić information content (AvgIpc) is 3.26. The van der Waals surface area contributed by atoms with Crippen LogP contribution in [0.3, 0.4) is 0 Å². The van der Waals surface area contributed by atoms with Gasteiger partial charge in [0.05, 0.1) is 5.69 Å². The van der Waals surface area contributed by atoms with Crippen LogP contribution in [-0.2, 0) is 42.7 Å². The van der Waals surface area contributed by atoms with E-state index in [1.165, 1.54) is 0 Å². The molecule has 0 bridgehead atoms. The van der Waals surface area contributed by atoms with Crippen molar-refractivity contribution >= 4 is 23.8 Å². The number of nitrogens with one attached hydrogen (secondary N) is 2. The van der Waals surface area contributed by atoms with E-state index in [9.17, 15) is 9.59 Å². The van der Waals surface area contributed by atoms with Crippen molar-refractivity contribution in [3.63, 3.8) is 0 Å². The lowest BCUT2D eigenvalue weighted by atomic mass is 10.0. The number of fused-ring (bicyclic) bond motifs is 1. The molecular weight excluding hydrogens is 559 g/mol. The summed E-state index contributed by atoms with van der Waals surface area (Å²) in [4.78, 5) is 24.3. The molecule has 3 heterocycles. The minimum atomic E-state index is -0.487. The molecule has 0 unspecified atom stereocenters. The fourth-order valence-electron chi connectivity index (χ4n) is 3.89. The van der Waals surface area contributed by atoms with Gasteiger partial charge in [0.2, 0.25) is 0 Å². The highest BCUT2D eigenvalue weighted by Crippen LogP contribution is 2.37. The molecule has 2 N–H and O–H groups in total. The van der Waals surface area contributed by atoms with Crippen LogP contribution in [-0.4, -0.2) is 28.8 Å². The van der Waals surface area contributed by atoms with Crippen molar-refractivity contribution in [3.8, 4) is 11.3 Å². The second-order valence-electron chi connectivity index (χ2n) is 8.61. The average molecular weight is 591 g/mol. The summed E-state index contributed by atoms with van der Waals surface area (Å²) in [5, 5.41) is 6.07. The Morgan fingerprint density at radius 3 is 2.21 bits per heavy atom. The third-order valence-corrected chi connectivity index (χ3v) is 5.64. The number of hydrogen-bond donors (Lipinski definition) is 2. The minimum Gasteiger partial charge on any atom is -1.00 e. The smallest absolute Gasteiger partial charge is 0.407 e. The number of pyridine rings is 1. The van der Waals surface area contributed by atoms with Gasteiger partial charge in [0.1, 0.15) is 20.3 Å². The standard InChI is InChI=1S/C23H31ClN4O4.HI/c1-14(2)25-22(29)31-12-17-18(13-32-23(30)26-15(3)4)21(28-9-6-7-19(17)28)16-8-10-27(5)20(24)11-16;/h8,10-11,14-15H,6-7,9,12-13H2,1-5H3,(H-,25,26,29,30);1H. The van der Waals surface area contributed by atoms with Crippen molar-refractivity contribution < 1.29 is 47.6 Å². The molecule has 0 spiro atoms. The maximum Gasteiger partial charge on any atom is 0.407 e. The summed E-state index contributed by atoms with van der Waals surface area (Å²) in [5.41, 5.74) is 4.70. The molecule has 182 valence electrons. The van der Waals surface area contributed by atoms with E-state index in [1.54, 1.807) is 0 Å². The van der Waals surface area contributed by atoms with Crippen molar-refractivity contribution in [2.24, 2.45) is 7.05 Å². The zero-order chi connectivity index (χ0) is 23.4. The number of alkyl carbamates (subject to hydrolysis) is 2. The summed E-state index contributed by atoms with van der Waals surface area (Å²) in [7, 11) is 1.88. The second kappa shape index (κ2) is 11.9. The van der Waals surface area contributed by atoms with Crippen LogP contribution in [0, 0.1) is 0 Å². The second-order valence-corrected chi connectivity index (χ2v) is 8.99. The fraction of sp³-hybridized carbons (Fsp3) is 0.522. The molecule has 0 atom stereocenters. The SMILES string of the molecule is CC(C)NC(=O)OCc1c(COC(=O)NC(C)C)c(-c2cc[n+](C)c(Cl)c2)n2c1CCC2.[I-]. The Kier molecular flexibility index (Phi) is 9.84. The van der Waals surface area contributed by atoms with Gasteiger partial charge in [0.15, 0.2) is 6.20 Å². The maximum absolute atomic E-state index is 12.2. The molecule has 3 rings (SSSR count). The first-order valence-corrected chi connectivity index (χ1v) is 11.3. The number of amides is 2. The van der Waals surface area contributed by atoms with Crippen LogP contribution in [0.1, 0.15) is 50.9 Å². The Balaban J connectivity index is 0.00000385. The van der Waals surface area contributed by atoms with Crippen LogP contribution in [0.4, 0.5) is 9.59 Å². The van der Waals surface area contributed by atoms with E-state index in [0.29, 0.717) is 5.15 Å². The van der Waals surface area contributed by atoms with Gasteiger partial charge in [-0.1, -0.05) is 0 Å². The van der Waals surface area contributed by atoms with E-state index in [-0.39, 0.29) is 49.3 Å². The Hall–Kier alpha value is -2.01. The molecular formula is C23H32ClIN4O4. The predicted octanol–water partition coefficient (Wildman–Crippen LogP) is 0.852. The molecule has 10 heteroatoms. The highest BCUT2D eigenvalue weighted by atomic mass is 127. The van der Waals surface area contributed by atoms with E-state index < -0.39 is 12.2 Å². The van der Waals surface area contributed by atoms with Gasteiger partial charge in [-0.15, -0.1) is 0 Å². The summed E-state index contributed by atoms with van der Waals surface area (Å²) in [6.07, 6.45) is 2.80. The van der Waals surface area contributed by atoms with Crippen LogP contribution in [0.5, 0.6) is 0 Å². The van der Waals surface area contributed by atoms with Crippen molar-refractivity contribution in [1.82, 2.24) is 15.2 Å². The highest BCUT2D eigenvalue weighted by molar-refractivity contribution is 6.28. The van der Waals surface area contributed by atoms with Gasteiger partial charge >= 0.3 is 12.2 Å². The third kappa shape index (κ3) is 6.75. The summed E-state index contributed by atoms with van der Waals surface area (Å²) < 4.78 is 15.1. The van der Waals surface area contributed by atoms with E-state index in [4.69, 9.17) is 21.1 Å². The topological polar surface area (TPSA) is 85.5 Å². The number of hydrogen-bond acceptors (Lipinski definition) is 4. The van der Waals surface area contributed by atoms with Crippen molar-refractivity contribution in [2.45, 2.75) is 72.4 Å². The Bertz CT molecular complexity index is 1010. The molecule has 0 radical (unpaired) electrons. The molecule has 0 aromatic carbocycles. The maximum atomic E-state index is 12.2. The molecule has 2 amide bonds. The number of nitrogens with zero attached hydrogens (tertiary/aromatic N) is 2. The molecule has 0 aliphatic carbocycles. The first kappa shape index (κ1) is 27.2. The minimum absolute atomic E-state index is 0. The summed E-state index contributed by atoms with van der Waals surface area (Å²) in [6, 6.07) is 3.83. The third-order valence-electron chi connectivity index (χ3n) is 5.26. The van der Waals surface area contributed by atoms with Crippen molar-refractivity contribution in [1.29, 1.82) is 0 Å². The Labute approximate surface area is 217 Å². The molecule has 0 saturated heterocycles. The largest absolute Gasteiger partial charge is 1.00 e. The lowest BCUT2D eigenvalue weighted by molar-refractivity contribution is -0.669. The number of halogens is 2. The van der Waals surface area contributed by atoms with Crippen LogP contribution in [0.15, 0.2) is 18.3 Å². The Morgan fingerprint density at radius 1 is 1.09 bits per heavy atom. The van der Waals surface area contributed by atoms with Crippen LogP contribution < -0.4 is 39.2 Å². The van der Waals surface area contributed by atoms with Gasteiger partial charge in [-0.25, -0.2) is 9.59 Å². The van der Waals surface area contributed by atoms with Crippen LogP contribution >= 0.6 is 11.6 Å². The van der Waals surface area contributed by atoms with Crippen molar-refractivity contribution in [2.75, 3.05) is 0 Å². The molecule has 33 heavy (non-hydrogen) atoms. The van der Waals surface area contributed by atoms with Crippen molar-refractivity contribution in [3.05, 3.63) is 40.3 Å². The van der Waals surface area contributed by atoms with Gasteiger partial charge in [-0.05, 0) is 52.1 Å². The summed E-state index contributed by atoms with van der Waals surface area (Å²) >= 11 is 6.39. The number of ether oxygens (including phenoxy) is 2. The quantitative estimate of drug-likeness (QED) is 0.285. The molecule has 8 nitrogen and oxygen atoms in total. The van der Waals surface area contributed by atoms with Crippen LogP contribution in [0.2, 0.25) is 5.15 Å². The van der Waals surface area contributed by atoms with Gasteiger partial charge in [0.25, 0.3) is 5.15 Å². The van der Waals surface area contributed by atoms with E-state index in [0.717, 1.165) is 47.5 Å². The molecule has 1 aliphatic rings. The van der Waals surface area contributed by atoms with Crippen LogP contribution in [0.25, 0.3) is 11.3 Å². The first-order valence-electron chi connectivity index (χ1n) is 10.9. The van der Waals surface area contributed by atoms with E-state index in [2.05, 4.69) is 15.2 Å². The lowest BCUT2D eigenvalue weighted by Gasteiger charge is -2.14.